The van der Waals surface area contributed by atoms with E-state index in [1.165, 1.54) is 11.1 Å². The molecule has 0 atom stereocenters. The highest BCUT2D eigenvalue weighted by Crippen LogP contribution is 2.16. The lowest BCUT2D eigenvalue weighted by Crippen LogP contribution is -2.35. The first kappa shape index (κ1) is 15.2. The molecule has 0 aromatic heterocycles. The molecule has 18 heavy (non-hydrogen) atoms. The summed E-state index contributed by atoms with van der Waals surface area (Å²) in [6, 6.07) is 8.22. The first-order valence-corrected chi connectivity index (χ1v) is 7.44. The van der Waals surface area contributed by atoms with Gasteiger partial charge in [-0.1, -0.05) is 54.0 Å². The zero-order chi connectivity index (χ0) is 13.6. The number of aryl methyl sites for hydroxylation is 2. The zero-order valence-corrected chi connectivity index (χ0v) is 13.0. The molecule has 0 unspecified atom stereocenters. The minimum absolute atomic E-state index is 0.109. The Bertz CT molecular complexity index is 401. The summed E-state index contributed by atoms with van der Waals surface area (Å²) in [7, 11) is 0. The van der Waals surface area contributed by atoms with Crippen LogP contribution in [0.15, 0.2) is 24.3 Å². The van der Waals surface area contributed by atoms with Gasteiger partial charge in [0.15, 0.2) is 0 Å². The Balaban J connectivity index is 2.36. The van der Waals surface area contributed by atoms with Gasteiger partial charge in [-0.25, -0.2) is 0 Å². The summed E-state index contributed by atoms with van der Waals surface area (Å²) in [6.07, 6.45) is 1.37. The number of carbonyl (C=O) groups is 1. The van der Waals surface area contributed by atoms with Crippen LogP contribution in [-0.4, -0.2) is 17.8 Å². The van der Waals surface area contributed by atoms with Crippen LogP contribution in [0.25, 0.3) is 0 Å². The van der Waals surface area contributed by atoms with Crippen LogP contribution in [0, 0.1) is 12.3 Å². The van der Waals surface area contributed by atoms with Gasteiger partial charge in [0.05, 0.1) is 0 Å². The molecule has 1 aromatic rings. The number of halogens is 1. The number of alkyl halides is 1. The molecule has 0 aliphatic carbocycles. The van der Waals surface area contributed by atoms with E-state index in [9.17, 15) is 4.79 Å². The maximum atomic E-state index is 11.8. The summed E-state index contributed by atoms with van der Waals surface area (Å²) in [4.78, 5) is 11.8. The van der Waals surface area contributed by atoms with Crippen molar-refractivity contribution in [2.24, 2.45) is 5.41 Å². The van der Waals surface area contributed by atoms with Crippen LogP contribution >= 0.6 is 15.9 Å². The van der Waals surface area contributed by atoms with E-state index >= 15 is 0 Å². The molecule has 0 saturated heterocycles. The van der Waals surface area contributed by atoms with E-state index in [0.29, 0.717) is 13.0 Å². The third kappa shape index (κ3) is 5.21. The monoisotopic (exact) mass is 311 g/mol. The first-order chi connectivity index (χ1) is 8.44. The standard InChI is InChI=1S/C15H22BrNO/c1-12-6-4-5-7-13(12)8-9-14(18)17-11-15(2,3)10-16/h4-7H,8-11H2,1-3H3,(H,17,18). The molecule has 0 heterocycles. The number of benzene rings is 1. The zero-order valence-electron chi connectivity index (χ0n) is 11.4. The summed E-state index contributed by atoms with van der Waals surface area (Å²) < 4.78 is 0. The lowest BCUT2D eigenvalue weighted by atomic mass is 9.96. The van der Waals surface area contributed by atoms with Gasteiger partial charge in [0.25, 0.3) is 0 Å². The van der Waals surface area contributed by atoms with E-state index < -0.39 is 0 Å². The van der Waals surface area contributed by atoms with Crippen molar-refractivity contribution in [2.75, 3.05) is 11.9 Å². The highest BCUT2D eigenvalue weighted by Gasteiger charge is 2.16. The average Bonchev–Trinajstić information content (AvgIpc) is 2.35. The van der Waals surface area contributed by atoms with Crippen LogP contribution in [0.3, 0.4) is 0 Å². The fourth-order valence-electron chi connectivity index (χ4n) is 1.61. The lowest BCUT2D eigenvalue weighted by Gasteiger charge is -2.21. The summed E-state index contributed by atoms with van der Waals surface area (Å²) in [5.41, 5.74) is 2.62. The first-order valence-electron chi connectivity index (χ1n) is 6.32. The number of carbonyl (C=O) groups excluding carboxylic acids is 1. The Labute approximate surface area is 118 Å². The molecule has 0 bridgehead atoms. The highest BCUT2D eigenvalue weighted by atomic mass is 79.9. The Morgan fingerprint density at radius 1 is 1.33 bits per heavy atom. The quantitative estimate of drug-likeness (QED) is 0.801. The Kier molecular flexibility index (Phi) is 5.86. The summed E-state index contributed by atoms with van der Waals surface area (Å²) in [5.74, 6) is 0.132. The van der Waals surface area contributed by atoms with Crippen molar-refractivity contribution in [3.8, 4) is 0 Å². The second kappa shape index (κ2) is 6.93. The smallest absolute Gasteiger partial charge is 0.220 e. The molecule has 100 valence electrons. The molecule has 1 rings (SSSR count). The van der Waals surface area contributed by atoms with Gasteiger partial charge >= 0.3 is 0 Å². The minimum atomic E-state index is 0.109. The molecule has 0 fully saturated rings. The molecule has 1 amide bonds. The molecule has 0 radical (unpaired) electrons. The van der Waals surface area contributed by atoms with Gasteiger partial charge in [-0.05, 0) is 29.9 Å². The summed E-state index contributed by atoms with van der Waals surface area (Å²) in [6.45, 7) is 7.05. The van der Waals surface area contributed by atoms with Crippen LogP contribution < -0.4 is 5.32 Å². The summed E-state index contributed by atoms with van der Waals surface area (Å²) in [5, 5.41) is 3.88. The molecule has 0 saturated carbocycles. The SMILES string of the molecule is Cc1ccccc1CCC(=O)NCC(C)(C)CBr. The van der Waals surface area contributed by atoms with Crippen LogP contribution in [0.1, 0.15) is 31.4 Å². The molecule has 2 nitrogen and oxygen atoms in total. The molecular weight excluding hydrogens is 290 g/mol. The Hall–Kier alpha value is -0.830. The van der Waals surface area contributed by atoms with Gasteiger partial charge in [0.1, 0.15) is 0 Å². The predicted octanol–water partition coefficient (Wildman–Crippen LogP) is 3.46. The van der Waals surface area contributed by atoms with E-state index in [0.717, 1.165) is 11.8 Å². The Morgan fingerprint density at radius 3 is 2.61 bits per heavy atom. The molecule has 3 heteroatoms. The highest BCUT2D eigenvalue weighted by molar-refractivity contribution is 9.09. The molecule has 1 aromatic carbocycles. The molecule has 0 aliphatic heterocycles. The Morgan fingerprint density at radius 2 is 2.00 bits per heavy atom. The van der Waals surface area contributed by atoms with Crippen molar-refractivity contribution in [1.29, 1.82) is 0 Å². The van der Waals surface area contributed by atoms with E-state index in [1.54, 1.807) is 0 Å². The molecule has 1 N–H and O–H groups in total. The normalized spacial score (nSPS) is 11.3. The van der Waals surface area contributed by atoms with Crippen molar-refractivity contribution in [3.63, 3.8) is 0 Å². The maximum absolute atomic E-state index is 11.8. The van der Waals surface area contributed by atoms with Crippen molar-refractivity contribution >= 4 is 21.8 Å². The largest absolute Gasteiger partial charge is 0.356 e. The number of hydrogen-bond acceptors (Lipinski definition) is 1. The third-order valence-electron chi connectivity index (χ3n) is 3.01. The van der Waals surface area contributed by atoms with Crippen molar-refractivity contribution in [2.45, 2.75) is 33.6 Å². The topological polar surface area (TPSA) is 29.1 Å². The second-order valence-corrected chi connectivity index (χ2v) is 6.06. The van der Waals surface area contributed by atoms with Gasteiger partial charge in [-0.3, -0.25) is 4.79 Å². The predicted molar refractivity (Wildman–Crippen MR) is 80.1 cm³/mol. The van der Waals surface area contributed by atoms with Crippen LogP contribution in [0.4, 0.5) is 0 Å². The van der Waals surface area contributed by atoms with Crippen molar-refractivity contribution < 1.29 is 4.79 Å². The van der Waals surface area contributed by atoms with Gasteiger partial charge in [0, 0.05) is 18.3 Å². The van der Waals surface area contributed by atoms with Crippen LogP contribution in [0.5, 0.6) is 0 Å². The fourth-order valence-corrected chi connectivity index (χ4v) is 1.81. The van der Waals surface area contributed by atoms with Gasteiger partial charge in [-0.15, -0.1) is 0 Å². The van der Waals surface area contributed by atoms with Gasteiger partial charge in [0.2, 0.25) is 5.91 Å². The fraction of sp³-hybridized carbons (Fsp3) is 0.533. The minimum Gasteiger partial charge on any atom is -0.356 e. The second-order valence-electron chi connectivity index (χ2n) is 5.50. The molecular formula is C15H22BrNO. The molecule has 0 spiro atoms. The third-order valence-corrected chi connectivity index (χ3v) is 4.53. The van der Waals surface area contributed by atoms with E-state index in [1.807, 2.05) is 12.1 Å². The van der Waals surface area contributed by atoms with E-state index in [2.05, 4.69) is 54.2 Å². The van der Waals surface area contributed by atoms with E-state index in [4.69, 9.17) is 0 Å². The summed E-state index contributed by atoms with van der Waals surface area (Å²) >= 11 is 3.45. The molecule has 0 aliphatic rings. The van der Waals surface area contributed by atoms with Crippen molar-refractivity contribution in [1.82, 2.24) is 5.32 Å². The maximum Gasteiger partial charge on any atom is 0.220 e. The number of nitrogens with one attached hydrogen (secondary N) is 1. The number of rotatable bonds is 6. The van der Waals surface area contributed by atoms with Crippen LogP contribution in [0.2, 0.25) is 0 Å². The van der Waals surface area contributed by atoms with Crippen molar-refractivity contribution in [3.05, 3.63) is 35.4 Å². The number of hydrogen-bond donors (Lipinski definition) is 1. The van der Waals surface area contributed by atoms with Gasteiger partial charge < -0.3 is 5.32 Å². The average molecular weight is 312 g/mol. The van der Waals surface area contributed by atoms with Crippen LogP contribution in [-0.2, 0) is 11.2 Å². The lowest BCUT2D eigenvalue weighted by molar-refractivity contribution is -0.121. The van der Waals surface area contributed by atoms with E-state index in [-0.39, 0.29) is 11.3 Å². The number of amides is 1. The van der Waals surface area contributed by atoms with Gasteiger partial charge in [-0.2, -0.15) is 0 Å².